The lowest BCUT2D eigenvalue weighted by Gasteiger charge is -2.31. The van der Waals surface area contributed by atoms with Crippen LogP contribution in [0.2, 0.25) is 0 Å². The molecule has 1 saturated heterocycles. The predicted molar refractivity (Wildman–Crippen MR) is 164 cm³/mol. The summed E-state index contributed by atoms with van der Waals surface area (Å²) >= 11 is 1.29. The van der Waals surface area contributed by atoms with Gasteiger partial charge >= 0.3 is 7.12 Å². The van der Waals surface area contributed by atoms with E-state index < -0.39 is 19.2 Å². The van der Waals surface area contributed by atoms with Crippen LogP contribution >= 0.6 is 11.8 Å². The third kappa shape index (κ3) is 9.42. The van der Waals surface area contributed by atoms with E-state index in [-0.39, 0.29) is 23.9 Å². The number of carboxylic acid groups (broad SMARTS) is 1. The summed E-state index contributed by atoms with van der Waals surface area (Å²) in [6.07, 6.45) is 7.18. The molecule has 0 spiro atoms. The van der Waals surface area contributed by atoms with Gasteiger partial charge in [0, 0.05) is 68.1 Å². The number of thioether (sulfide) groups is 1. The van der Waals surface area contributed by atoms with Gasteiger partial charge in [-0.25, -0.2) is 4.98 Å². The third-order valence-electron chi connectivity index (χ3n) is 6.99. The highest BCUT2D eigenvalue weighted by molar-refractivity contribution is 8.01. The zero-order valence-electron chi connectivity index (χ0n) is 24.0. The van der Waals surface area contributed by atoms with Gasteiger partial charge in [0.2, 0.25) is 5.91 Å². The van der Waals surface area contributed by atoms with E-state index in [1.54, 1.807) is 36.9 Å². The number of amides is 1. The van der Waals surface area contributed by atoms with E-state index in [2.05, 4.69) is 30.2 Å². The van der Waals surface area contributed by atoms with Gasteiger partial charge in [-0.05, 0) is 60.9 Å². The van der Waals surface area contributed by atoms with Crippen LogP contribution in [-0.4, -0.2) is 60.1 Å². The van der Waals surface area contributed by atoms with Crippen LogP contribution in [0.15, 0.2) is 90.5 Å². The Morgan fingerprint density at radius 3 is 2.18 bits per heavy atom. The van der Waals surface area contributed by atoms with Crippen molar-refractivity contribution >= 4 is 36.4 Å². The molecule has 44 heavy (non-hydrogen) atoms. The Morgan fingerprint density at radius 1 is 0.909 bits per heavy atom. The minimum atomic E-state index is -1.21. The zero-order chi connectivity index (χ0) is 30.7. The highest BCUT2D eigenvalue weighted by Crippen LogP contribution is 2.35. The minimum absolute atomic E-state index is 0.123. The van der Waals surface area contributed by atoms with Gasteiger partial charge in [0.15, 0.2) is 0 Å². The Balaban J connectivity index is 1.17. The molecule has 1 fully saturated rings. The van der Waals surface area contributed by atoms with Gasteiger partial charge in [0.25, 0.3) is 0 Å². The van der Waals surface area contributed by atoms with E-state index in [9.17, 15) is 19.7 Å². The summed E-state index contributed by atoms with van der Waals surface area (Å²) in [5.74, 6) is -1.44. The van der Waals surface area contributed by atoms with Crippen molar-refractivity contribution in [2.75, 3.05) is 5.32 Å². The van der Waals surface area contributed by atoms with Crippen LogP contribution in [0.1, 0.15) is 41.9 Å². The number of aliphatic carboxylic acids is 1. The molecule has 0 aromatic carbocycles. The van der Waals surface area contributed by atoms with Gasteiger partial charge in [-0.15, -0.1) is 11.8 Å². The Hall–Kier alpha value is -4.17. The second-order valence-corrected chi connectivity index (χ2v) is 11.7. The monoisotopic (exact) mass is 611 g/mol. The third-order valence-corrected chi connectivity index (χ3v) is 8.31. The van der Waals surface area contributed by atoms with Crippen molar-refractivity contribution in [3.8, 4) is 0 Å². The van der Waals surface area contributed by atoms with E-state index >= 15 is 0 Å². The summed E-state index contributed by atoms with van der Waals surface area (Å²) in [7, 11) is -1.16. The molecular formula is C31H32BN6O5S-. The van der Waals surface area contributed by atoms with Crippen LogP contribution < -0.4 is 10.4 Å². The normalized spacial score (nSPS) is 16.5. The molecule has 4 aromatic rings. The number of nitrogens with zero attached hydrogens (tertiary/aromatic N) is 5. The molecule has 226 valence electrons. The Morgan fingerprint density at radius 2 is 1.59 bits per heavy atom. The molecule has 0 radical (unpaired) electrons. The highest BCUT2D eigenvalue weighted by Gasteiger charge is 2.36. The average molecular weight is 612 g/mol. The van der Waals surface area contributed by atoms with E-state index in [0.717, 1.165) is 22.6 Å². The maximum absolute atomic E-state index is 13.0. The van der Waals surface area contributed by atoms with Crippen molar-refractivity contribution < 1.29 is 24.4 Å². The van der Waals surface area contributed by atoms with Crippen molar-refractivity contribution in [3.05, 3.63) is 108 Å². The number of carbonyl (C=O) groups is 2. The number of carboxylic acids is 1. The number of rotatable bonds is 13. The molecule has 0 aliphatic carbocycles. The second-order valence-electron chi connectivity index (χ2n) is 10.5. The van der Waals surface area contributed by atoms with Crippen LogP contribution in [0, 0.1) is 0 Å². The fraction of sp³-hybridized carbons (Fsp3) is 0.290. The number of hydrogen-bond acceptors (Lipinski definition) is 11. The zero-order valence-corrected chi connectivity index (χ0v) is 24.8. The summed E-state index contributed by atoms with van der Waals surface area (Å²) in [5.41, 5.74) is 4.06. The molecule has 2 N–H and O–H groups in total. The first-order chi connectivity index (χ1) is 21.4. The van der Waals surface area contributed by atoms with E-state index in [4.69, 9.17) is 4.65 Å². The molecule has 5 rings (SSSR count). The van der Waals surface area contributed by atoms with Crippen molar-refractivity contribution in [1.29, 1.82) is 0 Å². The fourth-order valence-electron chi connectivity index (χ4n) is 4.89. The summed E-state index contributed by atoms with van der Waals surface area (Å²) in [6, 6.07) is 19.0. The van der Waals surface area contributed by atoms with Gasteiger partial charge in [-0.1, -0.05) is 18.2 Å². The maximum Gasteiger partial charge on any atom is 0.468 e. The lowest BCUT2D eigenvalue weighted by Crippen LogP contribution is -2.43. The van der Waals surface area contributed by atoms with Gasteiger partial charge in [0.1, 0.15) is 5.03 Å². The quantitative estimate of drug-likeness (QED) is 0.214. The average Bonchev–Trinajstić information content (AvgIpc) is 3.01. The van der Waals surface area contributed by atoms with E-state index in [1.807, 2.05) is 48.5 Å². The molecular weight excluding hydrogens is 579 g/mol. The van der Waals surface area contributed by atoms with Crippen LogP contribution in [0.3, 0.4) is 0 Å². The molecule has 13 heteroatoms. The maximum atomic E-state index is 13.0. The standard InChI is InChI=1S/C31H33BN6O5S/c39-29(37-27-8-5-15-35-31(27)44-28-12-11-26(17-30(40)41)43-32(28)42)16-22-9-10-25(36-18-22)21-38(19-23-6-1-3-13-33-23)20-24-7-2-4-14-34-24/h1-10,13-15,18,26,28,42H,11-12,16-17,19-21H2,(H,37,39)(H,40,41)/p-1/t26-,28-/m0/s1. The molecule has 4 aromatic heterocycles. The van der Waals surface area contributed by atoms with Crippen molar-refractivity contribution in [1.82, 2.24) is 24.8 Å². The Labute approximate surface area is 260 Å². The number of hydrogen-bond donors (Lipinski definition) is 2. The Bertz CT molecular complexity index is 1480. The number of aromatic nitrogens is 4. The minimum Gasteiger partial charge on any atom is -0.550 e. The van der Waals surface area contributed by atoms with Crippen molar-refractivity contribution in [2.24, 2.45) is 0 Å². The van der Waals surface area contributed by atoms with Gasteiger partial charge < -0.3 is 24.9 Å². The van der Waals surface area contributed by atoms with Crippen LogP contribution in [0.25, 0.3) is 0 Å². The highest BCUT2D eigenvalue weighted by atomic mass is 32.2. The van der Waals surface area contributed by atoms with Crippen LogP contribution in [0.5, 0.6) is 0 Å². The van der Waals surface area contributed by atoms with Gasteiger partial charge in [-0.2, -0.15) is 0 Å². The summed E-state index contributed by atoms with van der Waals surface area (Å²) < 4.78 is 5.46. The first-order valence-electron chi connectivity index (χ1n) is 14.3. The summed E-state index contributed by atoms with van der Waals surface area (Å²) in [6.45, 7) is 1.86. The number of anilines is 1. The van der Waals surface area contributed by atoms with E-state index in [1.165, 1.54) is 11.8 Å². The number of nitrogens with one attached hydrogen (secondary N) is 1. The van der Waals surface area contributed by atoms with Crippen LogP contribution in [0.4, 0.5) is 5.69 Å². The first-order valence-corrected chi connectivity index (χ1v) is 15.2. The van der Waals surface area contributed by atoms with Crippen molar-refractivity contribution in [2.45, 2.75) is 61.6 Å². The molecule has 0 saturated carbocycles. The molecule has 0 bridgehead atoms. The number of pyridine rings is 4. The molecule has 5 heterocycles. The smallest absolute Gasteiger partial charge is 0.468 e. The lowest BCUT2D eigenvalue weighted by molar-refractivity contribution is -0.307. The molecule has 11 nitrogen and oxygen atoms in total. The molecule has 1 aliphatic heterocycles. The lowest BCUT2D eigenvalue weighted by atomic mass is 9.77. The topological polar surface area (TPSA) is 153 Å². The summed E-state index contributed by atoms with van der Waals surface area (Å²) in [4.78, 5) is 44.0. The van der Waals surface area contributed by atoms with Gasteiger partial charge in [-0.3, -0.25) is 24.6 Å². The summed E-state index contributed by atoms with van der Waals surface area (Å²) in [5, 5.41) is 24.4. The first kappa shape index (κ1) is 31.3. The fourth-order valence-corrected chi connectivity index (χ4v) is 5.98. The largest absolute Gasteiger partial charge is 0.550 e. The molecule has 0 unspecified atom stereocenters. The molecule has 1 aliphatic rings. The van der Waals surface area contributed by atoms with Crippen molar-refractivity contribution in [3.63, 3.8) is 0 Å². The van der Waals surface area contributed by atoms with E-state index in [0.29, 0.717) is 43.2 Å². The SMILES string of the molecule is O=C([O-])C[C@@H]1CC[C@H](Sc2ncccc2NC(=O)Cc2ccc(CN(Cc3ccccn3)Cc3ccccn3)nc2)B(O)O1. The predicted octanol–water partition coefficient (Wildman–Crippen LogP) is 2.45. The Kier molecular flexibility index (Phi) is 11.0. The van der Waals surface area contributed by atoms with Crippen LogP contribution in [-0.2, 0) is 40.3 Å². The number of carbonyl (C=O) groups excluding carboxylic acids is 2. The molecule has 1 amide bonds. The van der Waals surface area contributed by atoms with Gasteiger partial charge in [0.05, 0.1) is 29.2 Å². The molecule has 2 atom stereocenters. The second kappa shape index (κ2) is 15.5.